The topological polar surface area (TPSA) is 135 Å². The Labute approximate surface area is 275 Å². The lowest BCUT2D eigenvalue weighted by Crippen LogP contribution is -2.31. The van der Waals surface area contributed by atoms with Crippen LogP contribution in [0.4, 0.5) is 0 Å². The molecule has 0 radical (unpaired) electrons. The number of thioether (sulfide) groups is 1. The second-order valence-corrected chi connectivity index (χ2v) is 12.2. The molecule has 7 rings (SSSR count). The molecule has 1 fully saturated rings. The number of rotatable bonds is 10. The van der Waals surface area contributed by atoms with Crippen LogP contribution in [0.1, 0.15) is 51.6 Å². The molecule has 236 valence electrons. The number of para-hydroxylation sites is 2. The first kappa shape index (κ1) is 30.7. The maximum absolute atomic E-state index is 12.9. The monoisotopic (exact) mass is 644 g/mol. The van der Waals surface area contributed by atoms with Gasteiger partial charge in [-0.1, -0.05) is 84.6 Å². The van der Waals surface area contributed by atoms with Gasteiger partial charge in [0.2, 0.25) is 0 Å². The van der Waals surface area contributed by atoms with Gasteiger partial charge in [0.1, 0.15) is 12.0 Å². The summed E-state index contributed by atoms with van der Waals surface area (Å²) >= 11 is 1.56. The van der Waals surface area contributed by atoms with Crippen molar-refractivity contribution in [2.24, 2.45) is 0 Å². The van der Waals surface area contributed by atoms with Gasteiger partial charge in [-0.2, -0.15) is 5.10 Å². The van der Waals surface area contributed by atoms with E-state index in [2.05, 4.69) is 48.7 Å². The van der Waals surface area contributed by atoms with Gasteiger partial charge in [0.25, 0.3) is 5.91 Å². The van der Waals surface area contributed by atoms with Gasteiger partial charge < -0.3 is 19.9 Å². The minimum atomic E-state index is -0.586. The molecule has 1 amide bonds. The predicted octanol–water partition coefficient (Wildman–Crippen LogP) is 6.17. The summed E-state index contributed by atoms with van der Waals surface area (Å²) in [5.74, 6) is 0.400. The van der Waals surface area contributed by atoms with E-state index in [1.54, 1.807) is 11.8 Å². The Balaban J connectivity index is 1.07. The zero-order valence-corrected chi connectivity index (χ0v) is 26.1. The number of ether oxygens (including phenoxy) is 2. The molecule has 0 bridgehead atoms. The largest absolute Gasteiger partial charge is 0.392 e. The molecular formula is C36H32N6O4S. The molecule has 0 spiro atoms. The first-order valence-electron chi connectivity index (χ1n) is 15.3. The summed E-state index contributed by atoms with van der Waals surface area (Å²) < 4.78 is 13.1. The van der Waals surface area contributed by atoms with Crippen LogP contribution in [0.15, 0.2) is 115 Å². The minimum Gasteiger partial charge on any atom is -0.392 e. The van der Waals surface area contributed by atoms with Gasteiger partial charge in [-0.15, -0.1) is 0 Å². The number of aliphatic hydroxyl groups excluding tert-OH is 1. The van der Waals surface area contributed by atoms with Crippen LogP contribution in [0.2, 0.25) is 0 Å². The first-order valence-corrected chi connectivity index (χ1v) is 16.3. The molecule has 4 aromatic carbocycles. The summed E-state index contributed by atoms with van der Waals surface area (Å²) in [6.07, 6.45) is 2.79. The number of amides is 1. The van der Waals surface area contributed by atoms with E-state index in [0.717, 1.165) is 44.1 Å². The van der Waals surface area contributed by atoms with Crippen LogP contribution in [0.5, 0.6) is 0 Å². The van der Waals surface area contributed by atoms with Crippen LogP contribution < -0.4 is 5.32 Å². The highest BCUT2D eigenvalue weighted by Crippen LogP contribution is 2.40. The predicted molar refractivity (Wildman–Crippen MR) is 178 cm³/mol. The molecule has 3 heterocycles. The van der Waals surface area contributed by atoms with E-state index in [1.807, 2.05) is 78.9 Å². The van der Waals surface area contributed by atoms with Crippen LogP contribution >= 0.6 is 11.8 Å². The van der Waals surface area contributed by atoms with Crippen molar-refractivity contribution < 1.29 is 19.4 Å². The van der Waals surface area contributed by atoms with Crippen LogP contribution in [0.25, 0.3) is 22.2 Å². The summed E-state index contributed by atoms with van der Waals surface area (Å²) in [6.45, 7) is 0.338. The average Bonchev–Trinajstić information content (AvgIpc) is 3.67. The summed E-state index contributed by atoms with van der Waals surface area (Å²) in [7, 11) is 0. The Kier molecular flexibility index (Phi) is 9.29. The number of nitrogens with zero attached hydrogens (tertiary/aromatic N) is 4. The van der Waals surface area contributed by atoms with E-state index in [1.165, 1.54) is 12.5 Å². The van der Waals surface area contributed by atoms with E-state index in [4.69, 9.17) is 9.47 Å². The van der Waals surface area contributed by atoms with E-state index >= 15 is 0 Å². The maximum Gasteiger partial charge on any atom is 0.271 e. The molecular weight excluding hydrogens is 613 g/mol. The number of fused-ring (bicyclic) bond motifs is 1. The second kappa shape index (κ2) is 14.2. The van der Waals surface area contributed by atoms with Crippen LogP contribution in [-0.4, -0.2) is 48.0 Å². The Morgan fingerprint density at radius 2 is 1.68 bits per heavy atom. The van der Waals surface area contributed by atoms with Crippen molar-refractivity contribution >= 4 is 28.7 Å². The van der Waals surface area contributed by atoms with Gasteiger partial charge in [-0.05, 0) is 52.1 Å². The number of carbonyl (C=O) groups is 1. The fourth-order valence-corrected chi connectivity index (χ4v) is 6.32. The van der Waals surface area contributed by atoms with Crippen LogP contribution in [0.3, 0.4) is 0 Å². The number of aliphatic hydroxyl groups is 1. The highest BCUT2D eigenvalue weighted by molar-refractivity contribution is 7.99. The summed E-state index contributed by atoms with van der Waals surface area (Å²) in [5.41, 5.74) is 7.46. The smallest absolute Gasteiger partial charge is 0.271 e. The van der Waals surface area contributed by atoms with Crippen molar-refractivity contribution in [2.75, 3.05) is 5.75 Å². The molecule has 1 aliphatic heterocycles. The molecule has 47 heavy (non-hydrogen) atoms. The third-order valence-electron chi connectivity index (χ3n) is 7.97. The molecule has 1 aliphatic rings. The van der Waals surface area contributed by atoms with E-state index in [9.17, 15) is 9.90 Å². The van der Waals surface area contributed by atoms with Crippen molar-refractivity contribution in [2.45, 2.75) is 43.2 Å². The highest BCUT2D eigenvalue weighted by Gasteiger charge is 2.32. The second-order valence-electron chi connectivity index (χ2n) is 11.2. The fourth-order valence-electron chi connectivity index (χ4n) is 5.52. The molecule has 10 nitrogen and oxygen atoms in total. The van der Waals surface area contributed by atoms with Crippen LogP contribution in [0, 0.1) is 0 Å². The van der Waals surface area contributed by atoms with Crippen molar-refractivity contribution in [1.29, 1.82) is 0 Å². The molecule has 0 unspecified atom stereocenters. The van der Waals surface area contributed by atoms with Gasteiger partial charge in [-0.25, -0.2) is 9.97 Å². The zero-order chi connectivity index (χ0) is 32.0. The third kappa shape index (κ3) is 7.39. The lowest BCUT2D eigenvalue weighted by Gasteiger charge is -2.36. The number of aromatic amines is 1. The average molecular weight is 645 g/mol. The number of benzene rings is 4. The fraction of sp³-hybridized carbons (Fsp3) is 0.194. The maximum atomic E-state index is 12.9. The molecule has 0 saturated carbocycles. The van der Waals surface area contributed by atoms with E-state index in [-0.39, 0.29) is 30.4 Å². The number of carbonyl (C=O) groups excluding carboxylic acids is 1. The standard InChI is InChI=1S/C36H32N6O4S/c43-20-23-11-13-25(14-12-23)33-17-29(21-47-36-39-22-40-42-36)45-35(46-33)28-8-4-7-27(16-28)26-6-3-5-24(15-26)18-38-34(44)32-19-37-30-9-1-2-10-31(30)41-32/h1-16,19,22,29,33,35,43H,17-18,20-21H2,(H,38,44)(H,39,40,42)/t29-,33+,35+/m0/s1. The third-order valence-corrected chi connectivity index (χ3v) is 8.98. The lowest BCUT2D eigenvalue weighted by atomic mass is 9.99. The van der Waals surface area contributed by atoms with Gasteiger partial charge in [-0.3, -0.25) is 14.9 Å². The molecule has 3 N–H and O–H groups in total. The van der Waals surface area contributed by atoms with E-state index in [0.29, 0.717) is 24.2 Å². The Hall–Kier alpha value is -4.94. The van der Waals surface area contributed by atoms with Gasteiger partial charge >= 0.3 is 0 Å². The molecule has 0 aliphatic carbocycles. The van der Waals surface area contributed by atoms with E-state index < -0.39 is 6.29 Å². The first-order chi connectivity index (χ1) is 23.1. The van der Waals surface area contributed by atoms with Crippen molar-refractivity contribution in [3.8, 4) is 11.1 Å². The normalized spacial score (nSPS) is 17.9. The summed E-state index contributed by atoms with van der Waals surface area (Å²) in [5, 5.41) is 20.1. The molecule has 6 aromatic rings. The highest BCUT2D eigenvalue weighted by atomic mass is 32.2. The summed E-state index contributed by atoms with van der Waals surface area (Å²) in [4.78, 5) is 25.9. The van der Waals surface area contributed by atoms with Gasteiger partial charge in [0, 0.05) is 24.3 Å². The molecule has 3 atom stereocenters. The van der Waals surface area contributed by atoms with Crippen molar-refractivity contribution in [1.82, 2.24) is 30.5 Å². The van der Waals surface area contributed by atoms with Crippen molar-refractivity contribution in [3.05, 3.63) is 138 Å². The molecule has 11 heteroatoms. The van der Waals surface area contributed by atoms with Gasteiger partial charge in [0.15, 0.2) is 11.4 Å². The minimum absolute atomic E-state index is 0.00646. The molecule has 1 saturated heterocycles. The Morgan fingerprint density at radius 3 is 2.49 bits per heavy atom. The lowest BCUT2D eigenvalue weighted by molar-refractivity contribution is -0.245. The summed E-state index contributed by atoms with van der Waals surface area (Å²) in [6, 6.07) is 31.6. The number of aromatic nitrogens is 5. The number of hydrogen-bond acceptors (Lipinski definition) is 9. The van der Waals surface area contributed by atoms with Gasteiger partial charge in [0.05, 0.1) is 36.0 Å². The Morgan fingerprint density at radius 1 is 0.872 bits per heavy atom. The van der Waals surface area contributed by atoms with Crippen molar-refractivity contribution in [3.63, 3.8) is 0 Å². The number of hydrogen-bond donors (Lipinski definition) is 3. The number of nitrogens with one attached hydrogen (secondary N) is 2. The quantitative estimate of drug-likeness (QED) is 0.150. The SMILES string of the molecule is O=C(NCc1cccc(-c2cccc([C@@H]3O[C@H](CSc4ncn[nH]4)C[C@H](c4ccc(CO)cc4)O3)c2)c1)c1cnc2ccccc2n1. The number of H-pyrrole nitrogens is 1. The zero-order valence-electron chi connectivity index (χ0n) is 25.3. The van der Waals surface area contributed by atoms with Crippen LogP contribution in [-0.2, 0) is 22.6 Å². The molecule has 2 aromatic heterocycles. The Bertz CT molecular complexity index is 1970.